The Morgan fingerprint density at radius 1 is 1.06 bits per heavy atom. The molecule has 1 aliphatic heterocycles. The van der Waals surface area contributed by atoms with E-state index >= 15 is 0 Å². The van der Waals surface area contributed by atoms with E-state index in [1.54, 1.807) is 42.0 Å². The first kappa shape index (κ1) is 25.9. The third-order valence-corrected chi connectivity index (χ3v) is 8.96. The third-order valence-electron chi connectivity index (χ3n) is 6.04. The molecule has 2 aromatic carbocycles. The maximum absolute atomic E-state index is 13.2. The second-order valence-corrected chi connectivity index (χ2v) is 11.2. The van der Waals surface area contributed by atoms with Gasteiger partial charge in [0.1, 0.15) is 18.0 Å². The third kappa shape index (κ3) is 5.30. The number of methoxy groups -OCH3 is 3. The maximum atomic E-state index is 13.2. The Kier molecular flexibility index (Phi) is 7.76. The van der Waals surface area contributed by atoms with E-state index in [2.05, 4.69) is 4.99 Å². The Labute approximate surface area is 212 Å². The lowest BCUT2D eigenvalue weighted by Crippen LogP contribution is -2.42. The SMILES string of the molecule is COC(=O)Cn1c(=NC(=O)C2CCCN(S(=O)(=O)c3ccc(OC)cc3)C2)sc2cc(OC)ccc21. The summed E-state index contributed by atoms with van der Waals surface area (Å²) in [5, 5.41) is 0. The van der Waals surface area contributed by atoms with Crippen LogP contribution in [0, 0.1) is 5.92 Å². The van der Waals surface area contributed by atoms with Gasteiger partial charge in [-0.05, 0) is 55.3 Å². The minimum absolute atomic E-state index is 0.0341. The van der Waals surface area contributed by atoms with Gasteiger partial charge in [-0.1, -0.05) is 11.3 Å². The lowest BCUT2D eigenvalue weighted by atomic mass is 9.99. The van der Waals surface area contributed by atoms with Gasteiger partial charge in [-0.3, -0.25) is 9.59 Å². The number of hydrogen-bond acceptors (Lipinski definition) is 8. The van der Waals surface area contributed by atoms with Gasteiger partial charge in [0.05, 0.1) is 42.4 Å². The van der Waals surface area contributed by atoms with Gasteiger partial charge in [0.2, 0.25) is 10.0 Å². The number of piperidine rings is 1. The van der Waals surface area contributed by atoms with Crippen molar-refractivity contribution in [3.05, 3.63) is 47.3 Å². The molecule has 1 amide bonds. The van der Waals surface area contributed by atoms with E-state index in [-0.39, 0.29) is 18.0 Å². The van der Waals surface area contributed by atoms with E-state index in [0.29, 0.717) is 41.2 Å². The number of fused-ring (bicyclic) bond motifs is 1. The number of carbonyl (C=O) groups is 2. The lowest BCUT2D eigenvalue weighted by Gasteiger charge is -2.30. The Balaban J connectivity index is 1.63. The first-order valence-electron chi connectivity index (χ1n) is 11.2. The van der Waals surface area contributed by atoms with Crippen LogP contribution in [-0.2, 0) is 30.9 Å². The number of esters is 1. The molecule has 1 aliphatic rings. The number of ether oxygens (including phenoxy) is 3. The molecule has 1 unspecified atom stereocenters. The molecule has 1 fully saturated rings. The fourth-order valence-corrected chi connectivity index (χ4v) is 6.64. The van der Waals surface area contributed by atoms with Gasteiger partial charge in [-0.2, -0.15) is 9.30 Å². The van der Waals surface area contributed by atoms with E-state index in [1.807, 2.05) is 0 Å². The molecule has 12 heteroatoms. The van der Waals surface area contributed by atoms with E-state index in [9.17, 15) is 18.0 Å². The molecule has 1 aromatic heterocycles. The second kappa shape index (κ2) is 10.8. The molecule has 0 radical (unpaired) electrons. The number of carbonyl (C=O) groups excluding carboxylic acids is 2. The van der Waals surface area contributed by atoms with Gasteiger partial charge in [0.25, 0.3) is 5.91 Å². The van der Waals surface area contributed by atoms with Gasteiger partial charge in [-0.15, -0.1) is 0 Å². The summed E-state index contributed by atoms with van der Waals surface area (Å²) < 4.78 is 45.3. The maximum Gasteiger partial charge on any atom is 0.325 e. The smallest absolute Gasteiger partial charge is 0.325 e. The van der Waals surface area contributed by atoms with Crippen LogP contribution in [0.4, 0.5) is 0 Å². The first-order chi connectivity index (χ1) is 17.3. The van der Waals surface area contributed by atoms with Crippen LogP contribution in [0.5, 0.6) is 11.5 Å². The van der Waals surface area contributed by atoms with Crippen LogP contribution in [0.1, 0.15) is 12.8 Å². The minimum atomic E-state index is -3.78. The van der Waals surface area contributed by atoms with Crippen molar-refractivity contribution in [2.45, 2.75) is 24.3 Å². The number of nitrogens with zero attached hydrogens (tertiary/aromatic N) is 3. The van der Waals surface area contributed by atoms with E-state index < -0.39 is 27.8 Å². The van der Waals surface area contributed by atoms with Crippen LogP contribution >= 0.6 is 11.3 Å². The van der Waals surface area contributed by atoms with Crippen molar-refractivity contribution in [3.63, 3.8) is 0 Å². The van der Waals surface area contributed by atoms with Crippen LogP contribution in [0.3, 0.4) is 0 Å². The summed E-state index contributed by atoms with van der Waals surface area (Å²) in [6.07, 6.45) is 1.06. The second-order valence-electron chi connectivity index (χ2n) is 8.21. The molecule has 2 heterocycles. The first-order valence-corrected chi connectivity index (χ1v) is 13.5. The van der Waals surface area contributed by atoms with Gasteiger partial charge < -0.3 is 18.8 Å². The van der Waals surface area contributed by atoms with Crippen molar-refractivity contribution in [2.24, 2.45) is 10.9 Å². The van der Waals surface area contributed by atoms with Crippen LogP contribution in [0.2, 0.25) is 0 Å². The summed E-state index contributed by atoms with van der Waals surface area (Å²) in [4.78, 5) is 30.1. The normalized spacial score (nSPS) is 17.2. The zero-order valence-electron chi connectivity index (χ0n) is 20.2. The highest BCUT2D eigenvalue weighted by Gasteiger charge is 2.33. The molecule has 1 saturated heterocycles. The minimum Gasteiger partial charge on any atom is -0.497 e. The number of amides is 1. The fourth-order valence-electron chi connectivity index (χ4n) is 4.06. The van der Waals surface area contributed by atoms with Gasteiger partial charge in [-0.25, -0.2) is 8.42 Å². The molecular formula is C24H27N3O7S2. The summed E-state index contributed by atoms with van der Waals surface area (Å²) in [6.45, 7) is 0.243. The van der Waals surface area contributed by atoms with Crippen molar-refractivity contribution in [3.8, 4) is 11.5 Å². The van der Waals surface area contributed by atoms with E-state index in [4.69, 9.17) is 14.2 Å². The summed E-state index contributed by atoms with van der Waals surface area (Å²) in [5.74, 6) is -0.312. The molecule has 192 valence electrons. The molecule has 3 aromatic rings. The van der Waals surface area contributed by atoms with Gasteiger partial charge >= 0.3 is 5.97 Å². The molecule has 0 saturated carbocycles. The van der Waals surface area contributed by atoms with Crippen LogP contribution < -0.4 is 14.3 Å². The molecule has 36 heavy (non-hydrogen) atoms. The molecule has 0 aliphatic carbocycles. The van der Waals surface area contributed by atoms with Crippen LogP contribution in [0.15, 0.2) is 52.4 Å². The van der Waals surface area contributed by atoms with E-state index in [1.165, 1.54) is 42.0 Å². The molecule has 10 nitrogen and oxygen atoms in total. The predicted molar refractivity (Wildman–Crippen MR) is 133 cm³/mol. The molecule has 1 atom stereocenters. The van der Waals surface area contributed by atoms with Crippen molar-refractivity contribution >= 4 is 43.5 Å². The average molecular weight is 534 g/mol. The van der Waals surface area contributed by atoms with Crippen LogP contribution in [-0.4, -0.2) is 63.6 Å². The highest BCUT2D eigenvalue weighted by Crippen LogP contribution is 2.27. The number of sulfonamides is 1. The van der Waals surface area contributed by atoms with Crippen molar-refractivity contribution < 1.29 is 32.2 Å². The molecule has 4 rings (SSSR count). The largest absolute Gasteiger partial charge is 0.497 e. The zero-order chi connectivity index (χ0) is 25.9. The van der Waals surface area contributed by atoms with Crippen LogP contribution in [0.25, 0.3) is 10.2 Å². The van der Waals surface area contributed by atoms with Crippen molar-refractivity contribution in [1.82, 2.24) is 8.87 Å². The Hall–Kier alpha value is -3.22. The van der Waals surface area contributed by atoms with E-state index in [0.717, 1.165) is 4.70 Å². The fraction of sp³-hybridized carbons (Fsp3) is 0.375. The summed E-state index contributed by atoms with van der Waals surface area (Å²) in [6, 6.07) is 11.5. The number of rotatable bonds is 7. The number of benzene rings is 2. The quantitative estimate of drug-likeness (QED) is 0.428. The Bertz CT molecular complexity index is 1440. The predicted octanol–water partition coefficient (Wildman–Crippen LogP) is 2.42. The van der Waals surface area contributed by atoms with Gasteiger partial charge in [0, 0.05) is 13.1 Å². The molecular weight excluding hydrogens is 506 g/mol. The number of hydrogen-bond donors (Lipinski definition) is 0. The zero-order valence-corrected chi connectivity index (χ0v) is 21.8. The molecule has 0 spiro atoms. The monoisotopic (exact) mass is 533 g/mol. The summed E-state index contributed by atoms with van der Waals surface area (Å²) >= 11 is 1.25. The van der Waals surface area contributed by atoms with Crippen molar-refractivity contribution in [2.75, 3.05) is 34.4 Å². The number of thiazole rings is 1. The average Bonchev–Trinajstić information content (AvgIpc) is 3.24. The molecule has 0 bridgehead atoms. The summed E-state index contributed by atoms with van der Waals surface area (Å²) in [7, 11) is 0.584. The highest BCUT2D eigenvalue weighted by atomic mass is 32.2. The lowest BCUT2D eigenvalue weighted by molar-refractivity contribution is -0.141. The molecule has 0 N–H and O–H groups in total. The summed E-state index contributed by atoms with van der Waals surface area (Å²) in [5.41, 5.74) is 0.713. The topological polar surface area (TPSA) is 116 Å². The Morgan fingerprint density at radius 2 is 1.75 bits per heavy atom. The standard InChI is InChI=1S/C24H27N3O7S2/c1-32-17-6-9-19(10-7-17)36(30,31)26-12-4-5-16(14-26)23(29)25-24-27(15-22(28)34-3)20-11-8-18(33-2)13-21(20)35-24/h6-11,13,16H,4-5,12,14-15H2,1-3H3. The van der Waals surface area contributed by atoms with Gasteiger partial charge in [0.15, 0.2) is 4.80 Å². The van der Waals surface area contributed by atoms with Crippen molar-refractivity contribution in [1.29, 1.82) is 0 Å². The Morgan fingerprint density at radius 3 is 2.42 bits per heavy atom. The highest BCUT2D eigenvalue weighted by molar-refractivity contribution is 7.89. The number of aromatic nitrogens is 1.